The number of amidine groups is 1. The van der Waals surface area contributed by atoms with Gasteiger partial charge in [-0.15, -0.1) is 0 Å². The molecule has 1 aliphatic rings. The Hall–Kier alpha value is -2.64. The van der Waals surface area contributed by atoms with Gasteiger partial charge < -0.3 is 16.0 Å². The number of hydrogen-bond donors (Lipinski definition) is 3. The van der Waals surface area contributed by atoms with Crippen LogP contribution in [0.1, 0.15) is 11.4 Å². The molecule has 2 heterocycles. The molecule has 124 valence electrons. The van der Waals surface area contributed by atoms with E-state index in [0.29, 0.717) is 0 Å². The van der Waals surface area contributed by atoms with Gasteiger partial charge in [0.1, 0.15) is 17.5 Å². The topological polar surface area (TPSA) is 90.0 Å². The van der Waals surface area contributed by atoms with Gasteiger partial charge in [-0.1, -0.05) is 0 Å². The molecule has 0 spiro atoms. The fraction of sp³-hybridized carbons (Fsp3) is 0.333. The number of nitrogens with zero attached hydrogens (tertiary/aromatic N) is 2. The Morgan fingerprint density at radius 1 is 1.22 bits per heavy atom. The van der Waals surface area contributed by atoms with Crippen molar-refractivity contribution in [2.24, 2.45) is 10.7 Å². The van der Waals surface area contributed by atoms with E-state index in [4.69, 9.17) is 11.0 Å². The van der Waals surface area contributed by atoms with Gasteiger partial charge in [-0.3, -0.25) is 0 Å². The highest BCUT2D eigenvalue weighted by Gasteiger charge is 2.64. The molecule has 0 saturated carbocycles. The van der Waals surface area contributed by atoms with Crippen molar-refractivity contribution in [3.8, 4) is 6.07 Å². The molecule has 23 heavy (non-hydrogen) atoms. The van der Waals surface area contributed by atoms with Crippen molar-refractivity contribution < 1.29 is 26.3 Å². The van der Waals surface area contributed by atoms with E-state index >= 15 is 0 Å². The van der Waals surface area contributed by atoms with Gasteiger partial charge in [-0.2, -0.15) is 31.6 Å². The number of rotatable bonds is 1. The summed E-state index contributed by atoms with van der Waals surface area (Å²) in [6.07, 6.45) is -10.5. The predicted molar refractivity (Wildman–Crippen MR) is 66.7 cm³/mol. The molecule has 0 saturated heterocycles. The summed E-state index contributed by atoms with van der Waals surface area (Å²) >= 11 is 0. The number of nitrogens with two attached hydrogens (primary N) is 1. The summed E-state index contributed by atoms with van der Waals surface area (Å²) in [5.41, 5.74) is 0.0386. The molecular formula is C12H9F6N5. The van der Waals surface area contributed by atoms with E-state index in [1.54, 1.807) is 0 Å². The van der Waals surface area contributed by atoms with E-state index in [1.165, 1.54) is 24.4 Å². The van der Waals surface area contributed by atoms with Gasteiger partial charge >= 0.3 is 12.4 Å². The zero-order chi connectivity index (χ0) is 17.6. The molecular weight excluding hydrogens is 328 g/mol. The van der Waals surface area contributed by atoms with Gasteiger partial charge in [0.15, 0.2) is 0 Å². The molecule has 1 aromatic rings. The third-order valence-corrected chi connectivity index (χ3v) is 3.18. The first kappa shape index (κ1) is 16.7. The second-order valence-electron chi connectivity index (χ2n) is 4.75. The Kier molecular flexibility index (Phi) is 3.59. The van der Waals surface area contributed by atoms with Crippen molar-refractivity contribution in [1.29, 1.82) is 5.26 Å². The van der Waals surface area contributed by atoms with E-state index in [1.807, 2.05) is 0 Å². The first-order valence-corrected chi connectivity index (χ1v) is 6.00. The Morgan fingerprint density at radius 3 is 2.22 bits per heavy atom. The van der Waals surface area contributed by atoms with E-state index in [2.05, 4.69) is 9.98 Å². The monoisotopic (exact) mass is 337 g/mol. The van der Waals surface area contributed by atoms with E-state index in [0.717, 1.165) is 6.07 Å². The van der Waals surface area contributed by atoms with Crippen molar-refractivity contribution in [1.82, 2.24) is 10.3 Å². The van der Waals surface area contributed by atoms with Gasteiger partial charge in [-0.25, -0.2) is 4.99 Å². The zero-order valence-corrected chi connectivity index (χ0v) is 11.4. The lowest BCUT2D eigenvalue weighted by Gasteiger charge is -2.35. The minimum absolute atomic E-state index is 0.252. The van der Waals surface area contributed by atoms with Crippen molar-refractivity contribution >= 4 is 5.84 Å². The van der Waals surface area contributed by atoms with Crippen LogP contribution >= 0.6 is 0 Å². The van der Waals surface area contributed by atoms with Crippen molar-refractivity contribution in [3.05, 3.63) is 34.9 Å². The van der Waals surface area contributed by atoms with Crippen LogP contribution in [0.15, 0.2) is 28.5 Å². The van der Waals surface area contributed by atoms with Crippen LogP contribution in [0.3, 0.4) is 0 Å². The summed E-state index contributed by atoms with van der Waals surface area (Å²) in [6, 6.07) is 3.34. The predicted octanol–water partition coefficient (Wildman–Crippen LogP) is 2.34. The first-order valence-electron chi connectivity index (χ1n) is 6.00. The minimum Gasteiger partial charge on any atom is -0.384 e. The molecule has 0 bridgehead atoms. The fourth-order valence-corrected chi connectivity index (χ4v) is 2.18. The molecule has 0 amide bonds. The number of nitrogens with one attached hydrogen (secondary N) is 2. The van der Waals surface area contributed by atoms with Crippen LogP contribution < -0.4 is 11.1 Å². The standard InChI is InChI=1S/C12H9F6N5/c1-5-2-3-7(21-5)10(12(16,17)18)6(4-19)8(20)22-9(23-10)11(13,14)15/h2-3,21H,20H2,1H3,(H,22,23). The maximum absolute atomic E-state index is 13.7. The Balaban J connectivity index is 2.87. The van der Waals surface area contributed by atoms with Crippen LogP contribution in [0.2, 0.25) is 0 Å². The summed E-state index contributed by atoms with van der Waals surface area (Å²) in [5, 5.41) is 10.5. The number of alkyl halides is 6. The van der Waals surface area contributed by atoms with E-state index in [-0.39, 0.29) is 5.69 Å². The van der Waals surface area contributed by atoms with Gasteiger partial charge in [0.05, 0.1) is 5.69 Å². The average Bonchev–Trinajstić information content (AvgIpc) is 2.82. The number of nitriles is 1. The molecule has 0 fully saturated rings. The maximum Gasteiger partial charge on any atom is 0.449 e. The summed E-state index contributed by atoms with van der Waals surface area (Å²) in [4.78, 5) is 5.09. The molecule has 5 nitrogen and oxygen atoms in total. The third kappa shape index (κ3) is 2.49. The SMILES string of the molecule is Cc1ccc(C2(C(F)(F)F)N=C(C(F)(F)F)NC(N)=C2C#N)[nH]1. The zero-order valence-electron chi connectivity index (χ0n) is 11.4. The number of aryl methyl sites for hydroxylation is 1. The van der Waals surface area contributed by atoms with Crippen LogP contribution in [0.4, 0.5) is 26.3 Å². The highest BCUT2D eigenvalue weighted by atomic mass is 19.4. The van der Waals surface area contributed by atoms with E-state index in [9.17, 15) is 26.3 Å². The summed E-state index contributed by atoms with van der Waals surface area (Å²) in [7, 11) is 0. The van der Waals surface area contributed by atoms with Crippen LogP contribution in [0.5, 0.6) is 0 Å². The van der Waals surface area contributed by atoms with Crippen molar-refractivity contribution in [2.75, 3.05) is 0 Å². The molecule has 0 aliphatic carbocycles. The Morgan fingerprint density at radius 2 is 1.83 bits per heavy atom. The summed E-state index contributed by atoms with van der Waals surface area (Å²) in [5.74, 6) is -2.99. The minimum atomic E-state index is -5.33. The molecule has 1 atom stereocenters. The second kappa shape index (κ2) is 4.94. The fourth-order valence-electron chi connectivity index (χ4n) is 2.18. The molecule has 0 radical (unpaired) electrons. The largest absolute Gasteiger partial charge is 0.449 e. The Bertz CT molecular complexity index is 732. The second-order valence-corrected chi connectivity index (χ2v) is 4.75. The third-order valence-electron chi connectivity index (χ3n) is 3.18. The van der Waals surface area contributed by atoms with Crippen LogP contribution in [-0.2, 0) is 5.54 Å². The van der Waals surface area contributed by atoms with Gasteiger partial charge in [0, 0.05) is 5.69 Å². The number of halogens is 6. The normalized spacial score (nSPS) is 22.4. The number of aromatic amines is 1. The number of aromatic nitrogens is 1. The van der Waals surface area contributed by atoms with Crippen molar-refractivity contribution in [2.45, 2.75) is 24.8 Å². The highest BCUT2D eigenvalue weighted by molar-refractivity contribution is 5.91. The van der Waals surface area contributed by atoms with Crippen LogP contribution in [-0.4, -0.2) is 23.2 Å². The Labute approximate surface area is 125 Å². The molecule has 1 unspecified atom stereocenters. The lowest BCUT2D eigenvalue weighted by Crippen LogP contribution is -2.53. The highest BCUT2D eigenvalue weighted by Crippen LogP contribution is 2.49. The lowest BCUT2D eigenvalue weighted by atomic mass is 9.85. The van der Waals surface area contributed by atoms with Gasteiger partial charge in [-0.05, 0) is 19.1 Å². The number of H-pyrrole nitrogens is 1. The van der Waals surface area contributed by atoms with Gasteiger partial charge in [0.2, 0.25) is 11.4 Å². The summed E-state index contributed by atoms with van der Waals surface area (Å²) < 4.78 is 79.7. The molecule has 0 aromatic carbocycles. The van der Waals surface area contributed by atoms with Crippen LogP contribution in [0.25, 0.3) is 0 Å². The molecule has 11 heteroatoms. The van der Waals surface area contributed by atoms with Crippen molar-refractivity contribution in [3.63, 3.8) is 0 Å². The quantitative estimate of drug-likeness (QED) is 0.687. The molecule has 4 N–H and O–H groups in total. The maximum atomic E-state index is 13.7. The molecule has 1 aliphatic heterocycles. The number of hydrogen-bond acceptors (Lipinski definition) is 4. The first-order chi connectivity index (χ1) is 10.4. The average molecular weight is 337 g/mol. The lowest BCUT2D eigenvalue weighted by molar-refractivity contribution is -0.178. The molecule has 1 aromatic heterocycles. The van der Waals surface area contributed by atoms with Gasteiger partial charge in [0.25, 0.3) is 0 Å². The smallest absolute Gasteiger partial charge is 0.384 e. The van der Waals surface area contributed by atoms with E-state index < -0.39 is 40.8 Å². The molecule has 2 rings (SSSR count). The van der Waals surface area contributed by atoms with Crippen LogP contribution in [0, 0.1) is 18.3 Å². The summed E-state index contributed by atoms with van der Waals surface area (Å²) in [6.45, 7) is 1.40. The number of aliphatic imine (C=N–C) groups is 1.